The number of halogens is 2. The highest BCUT2D eigenvalue weighted by molar-refractivity contribution is 6.31. The summed E-state index contributed by atoms with van der Waals surface area (Å²) in [6, 6.07) is 12.7. The van der Waals surface area contributed by atoms with Gasteiger partial charge in [-0.25, -0.2) is 4.39 Å². The Morgan fingerprint density at radius 3 is 2.32 bits per heavy atom. The quantitative estimate of drug-likeness (QED) is 0.675. The van der Waals surface area contributed by atoms with Crippen LogP contribution in [-0.2, 0) is 22.6 Å². The van der Waals surface area contributed by atoms with Gasteiger partial charge >= 0.3 is 0 Å². The van der Waals surface area contributed by atoms with E-state index in [1.165, 1.54) is 11.0 Å². The van der Waals surface area contributed by atoms with E-state index in [0.29, 0.717) is 23.6 Å². The van der Waals surface area contributed by atoms with Gasteiger partial charge < -0.3 is 10.2 Å². The largest absolute Gasteiger partial charge is 0.354 e. The highest BCUT2D eigenvalue weighted by atomic mass is 35.5. The smallest absolute Gasteiger partial charge is 0.242 e. The Balaban J connectivity index is 2.31. The topological polar surface area (TPSA) is 49.4 Å². The molecule has 1 N–H and O–H groups in total. The van der Waals surface area contributed by atoms with Crippen LogP contribution in [0.1, 0.15) is 37.8 Å². The average molecular weight is 405 g/mol. The van der Waals surface area contributed by atoms with Crippen molar-refractivity contribution in [1.29, 1.82) is 0 Å². The molecule has 0 unspecified atom stereocenters. The maximum atomic E-state index is 14.0. The van der Waals surface area contributed by atoms with Crippen LogP contribution in [0.3, 0.4) is 0 Å². The van der Waals surface area contributed by atoms with E-state index >= 15 is 0 Å². The molecule has 0 aliphatic heterocycles. The van der Waals surface area contributed by atoms with Gasteiger partial charge in [0.1, 0.15) is 11.9 Å². The van der Waals surface area contributed by atoms with Gasteiger partial charge in [-0.3, -0.25) is 9.59 Å². The molecule has 0 saturated carbocycles. The second kappa shape index (κ2) is 10.8. The average Bonchev–Trinajstić information content (AvgIpc) is 2.69. The third kappa shape index (κ3) is 5.80. The van der Waals surface area contributed by atoms with E-state index in [-0.39, 0.29) is 24.8 Å². The lowest BCUT2D eigenvalue weighted by Crippen LogP contribution is -2.49. The molecular formula is C22H26ClFN2O2. The minimum Gasteiger partial charge on any atom is -0.354 e. The number of nitrogens with zero attached hydrogens (tertiary/aromatic N) is 1. The zero-order valence-corrected chi connectivity index (χ0v) is 17.0. The fraction of sp³-hybridized carbons (Fsp3) is 0.364. The Hall–Kier alpha value is -2.40. The van der Waals surface area contributed by atoms with Crippen LogP contribution < -0.4 is 5.32 Å². The number of benzene rings is 2. The van der Waals surface area contributed by atoms with E-state index in [1.54, 1.807) is 24.3 Å². The van der Waals surface area contributed by atoms with Crippen molar-refractivity contribution in [2.45, 2.75) is 45.7 Å². The number of amides is 2. The highest BCUT2D eigenvalue weighted by Crippen LogP contribution is 2.21. The van der Waals surface area contributed by atoms with Gasteiger partial charge in [0.2, 0.25) is 11.8 Å². The molecule has 2 rings (SSSR count). The lowest BCUT2D eigenvalue weighted by molar-refractivity contribution is -0.141. The molecular weight excluding hydrogens is 379 g/mol. The summed E-state index contributed by atoms with van der Waals surface area (Å²) in [5.74, 6) is -0.959. The molecule has 0 radical (unpaired) electrons. The van der Waals surface area contributed by atoms with E-state index in [2.05, 4.69) is 5.32 Å². The summed E-state index contributed by atoms with van der Waals surface area (Å²) in [6.45, 7) is 4.54. The standard InChI is InChI=1S/C22H26ClFN2O2/c1-3-13-25-22(28)20(4-2)26(15-17-10-5-7-11-18(17)23)21(27)14-16-9-6-8-12-19(16)24/h5-12,20H,3-4,13-15H2,1-2H3,(H,25,28)/t20-/m1/s1. The van der Waals surface area contributed by atoms with E-state index in [4.69, 9.17) is 11.6 Å². The van der Waals surface area contributed by atoms with Gasteiger partial charge in [0, 0.05) is 18.1 Å². The van der Waals surface area contributed by atoms with Crippen LogP contribution in [0.5, 0.6) is 0 Å². The highest BCUT2D eigenvalue weighted by Gasteiger charge is 2.29. The molecule has 0 fully saturated rings. The van der Waals surface area contributed by atoms with Crippen LogP contribution in [0.25, 0.3) is 0 Å². The van der Waals surface area contributed by atoms with Crippen LogP contribution in [0.15, 0.2) is 48.5 Å². The van der Waals surface area contributed by atoms with E-state index in [9.17, 15) is 14.0 Å². The van der Waals surface area contributed by atoms with Crippen molar-refractivity contribution >= 4 is 23.4 Å². The monoisotopic (exact) mass is 404 g/mol. The van der Waals surface area contributed by atoms with E-state index in [1.807, 2.05) is 32.0 Å². The van der Waals surface area contributed by atoms with Crippen LogP contribution in [0, 0.1) is 5.82 Å². The van der Waals surface area contributed by atoms with Crippen LogP contribution in [0.4, 0.5) is 4.39 Å². The molecule has 6 heteroatoms. The Bertz CT molecular complexity index is 813. The Morgan fingerprint density at radius 2 is 1.71 bits per heavy atom. The number of hydrogen-bond donors (Lipinski definition) is 1. The Morgan fingerprint density at radius 1 is 1.07 bits per heavy atom. The molecule has 1 atom stereocenters. The molecule has 0 saturated heterocycles. The number of hydrogen-bond acceptors (Lipinski definition) is 2. The minimum atomic E-state index is -0.651. The molecule has 0 aromatic heterocycles. The normalized spacial score (nSPS) is 11.7. The summed E-state index contributed by atoms with van der Waals surface area (Å²) in [4.78, 5) is 27.3. The van der Waals surface area contributed by atoms with Crippen molar-refractivity contribution in [3.63, 3.8) is 0 Å². The van der Waals surface area contributed by atoms with Gasteiger partial charge in [0.05, 0.1) is 6.42 Å². The van der Waals surface area contributed by atoms with Gasteiger partial charge in [-0.05, 0) is 36.1 Å². The predicted molar refractivity (Wildman–Crippen MR) is 109 cm³/mol. The van der Waals surface area contributed by atoms with Crippen LogP contribution in [0.2, 0.25) is 5.02 Å². The van der Waals surface area contributed by atoms with Crippen LogP contribution >= 0.6 is 11.6 Å². The first-order valence-corrected chi connectivity index (χ1v) is 9.89. The van der Waals surface area contributed by atoms with E-state index < -0.39 is 11.9 Å². The zero-order valence-electron chi connectivity index (χ0n) is 16.3. The van der Waals surface area contributed by atoms with Gasteiger partial charge in [0.25, 0.3) is 0 Å². The van der Waals surface area contributed by atoms with Gasteiger partial charge in [-0.15, -0.1) is 0 Å². The van der Waals surface area contributed by atoms with Crippen molar-refractivity contribution in [2.75, 3.05) is 6.54 Å². The van der Waals surface area contributed by atoms with Crippen molar-refractivity contribution in [2.24, 2.45) is 0 Å². The molecule has 0 aliphatic carbocycles. The third-order valence-electron chi connectivity index (χ3n) is 4.53. The fourth-order valence-corrected chi connectivity index (χ4v) is 3.20. The number of rotatable bonds is 9. The number of carbonyl (C=O) groups is 2. The molecule has 2 aromatic rings. The summed E-state index contributed by atoms with van der Waals surface area (Å²) < 4.78 is 14.0. The number of carbonyl (C=O) groups excluding carboxylic acids is 2. The number of nitrogens with one attached hydrogen (secondary N) is 1. The molecule has 0 aliphatic rings. The predicted octanol–water partition coefficient (Wildman–Crippen LogP) is 4.36. The fourth-order valence-electron chi connectivity index (χ4n) is 3.00. The lowest BCUT2D eigenvalue weighted by atomic mass is 10.1. The van der Waals surface area contributed by atoms with Crippen LogP contribution in [-0.4, -0.2) is 29.3 Å². The summed E-state index contributed by atoms with van der Waals surface area (Å²) in [5.41, 5.74) is 1.05. The Kier molecular flexibility index (Phi) is 8.45. The minimum absolute atomic E-state index is 0.116. The first-order valence-electron chi connectivity index (χ1n) is 9.51. The molecule has 28 heavy (non-hydrogen) atoms. The van der Waals surface area contributed by atoms with Crippen molar-refractivity contribution in [3.8, 4) is 0 Å². The van der Waals surface area contributed by atoms with E-state index in [0.717, 1.165) is 12.0 Å². The van der Waals surface area contributed by atoms with Gasteiger partial charge in [-0.1, -0.05) is 61.8 Å². The second-order valence-electron chi connectivity index (χ2n) is 6.60. The Labute approximate surface area is 170 Å². The third-order valence-corrected chi connectivity index (χ3v) is 4.90. The summed E-state index contributed by atoms with van der Waals surface area (Å²) in [6.07, 6.45) is 1.13. The molecule has 0 spiro atoms. The molecule has 2 amide bonds. The second-order valence-corrected chi connectivity index (χ2v) is 7.00. The first kappa shape index (κ1) is 21.9. The van der Waals surface area contributed by atoms with Gasteiger partial charge in [0.15, 0.2) is 0 Å². The molecule has 4 nitrogen and oxygen atoms in total. The maximum absolute atomic E-state index is 14.0. The maximum Gasteiger partial charge on any atom is 0.242 e. The SMILES string of the molecule is CCCNC(=O)[C@@H](CC)N(Cc1ccccc1Cl)C(=O)Cc1ccccc1F. The molecule has 2 aromatic carbocycles. The zero-order chi connectivity index (χ0) is 20.5. The first-order chi connectivity index (χ1) is 13.5. The summed E-state index contributed by atoms with van der Waals surface area (Å²) in [7, 11) is 0. The molecule has 150 valence electrons. The summed E-state index contributed by atoms with van der Waals surface area (Å²) in [5, 5.41) is 3.38. The molecule has 0 heterocycles. The van der Waals surface area contributed by atoms with Crippen molar-refractivity contribution in [3.05, 3.63) is 70.5 Å². The molecule has 0 bridgehead atoms. The lowest BCUT2D eigenvalue weighted by Gasteiger charge is -2.31. The van der Waals surface area contributed by atoms with Gasteiger partial charge in [-0.2, -0.15) is 0 Å². The van der Waals surface area contributed by atoms with Crippen molar-refractivity contribution in [1.82, 2.24) is 10.2 Å². The summed E-state index contributed by atoms with van der Waals surface area (Å²) >= 11 is 6.27. The van der Waals surface area contributed by atoms with Crippen molar-refractivity contribution < 1.29 is 14.0 Å².